The molecular weight excluding hydrogens is 420 g/mol. The summed E-state index contributed by atoms with van der Waals surface area (Å²) in [5.41, 5.74) is -0.255. The van der Waals surface area contributed by atoms with Crippen molar-refractivity contribution in [3.05, 3.63) is 0 Å². The number of nitrogens with one attached hydrogen (secondary N) is 2. The van der Waals surface area contributed by atoms with E-state index in [0.29, 0.717) is 32.3 Å². The first kappa shape index (κ1) is 24.6. The number of carbonyl (C=O) groups excluding carboxylic acids is 2. The van der Waals surface area contributed by atoms with Crippen molar-refractivity contribution in [2.75, 3.05) is 39.5 Å². The van der Waals surface area contributed by atoms with E-state index in [0.717, 1.165) is 38.8 Å². The number of rotatable bonds is 5. The molecule has 8 nitrogen and oxygen atoms in total. The van der Waals surface area contributed by atoms with Crippen LogP contribution in [0.4, 0.5) is 9.59 Å². The Morgan fingerprint density at radius 1 is 1.00 bits per heavy atom. The fourth-order valence-electron chi connectivity index (χ4n) is 6.21. The summed E-state index contributed by atoms with van der Waals surface area (Å²) in [6, 6.07) is 0.657. The van der Waals surface area contributed by atoms with Gasteiger partial charge in [0.1, 0.15) is 0 Å². The molecule has 2 N–H and O–H groups in total. The molecule has 188 valence electrons. The van der Waals surface area contributed by atoms with E-state index in [2.05, 4.69) is 55.1 Å². The average Bonchev–Trinajstić information content (AvgIpc) is 3.30. The van der Waals surface area contributed by atoms with E-state index in [9.17, 15) is 9.59 Å². The molecule has 4 fully saturated rings. The Morgan fingerprint density at radius 2 is 1.70 bits per heavy atom. The molecule has 0 aliphatic carbocycles. The van der Waals surface area contributed by atoms with Gasteiger partial charge in [0.15, 0.2) is 0 Å². The summed E-state index contributed by atoms with van der Waals surface area (Å²) in [6.07, 6.45) is 4.10. The van der Waals surface area contributed by atoms with Crippen molar-refractivity contribution < 1.29 is 19.1 Å². The molecule has 4 aliphatic rings. The van der Waals surface area contributed by atoms with Gasteiger partial charge < -0.3 is 29.9 Å². The molecule has 0 spiro atoms. The summed E-state index contributed by atoms with van der Waals surface area (Å²) in [4.78, 5) is 30.3. The molecule has 33 heavy (non-hydrogen) atoms. The third-order valence-corrected chi connectivity index (χ3v) is 8.09. The fourth-order valence-corrected chi connectivity index (χ4v) is 6.21. The van der Waals surface area contributed by atoms with Gasteiger partial charge in [0.2, 0.25) is 0 Å². The number of ether oxygens (including phenoxy) is 2. The molecule has 3 unspecified atom stereocenters. The number of urea groups is 2. The van der Waals surface area contributed by atoms with Crippen LogP contribution in [0.25, 0.3) is 0 Å². The molecule has 0 saturated carbocycles. The van der Waals surface area contributed by atoms with E-state index < -0.39 is 0 Å². The van der Waals surface area contributed by atoms with Crippen LogP contribution in [-0.2, 0) is 9.47 Å². The monoisotopic (exact) mass is 464 g/mol. The molecule has 4 heterocycles. The number of amides is 4. The van der Waals surface area contributed by atoms with Gasteiger partial charge in [-0.1, -0.05) is 34.6 Å². The summed E-state index contributed by atoms with van der Waals surface area (Å²) in [5, 5.41) is 6.34. The van der Waals surface area contributed by atoms with E-state index in [1.807, 2.05) is 6.92 Å². The van der Waals surface area contributed by atoms with Crippen LogP contribution < -0.4 is 10.6 Å². The maximum Gasteiger partial charge on any atom is 0.318 e. The lowest BCUT2D eigenvalue weighted by molar-refractivity contribution is -0.0599. The van der Waals surface area contributed by atoms with Gasteiger partial charge in [-0.25, -0.2) is 9.59 Å². The molecule has 4 aliphatic heterocycles. The topological polar surface area (TPSA) is 83.1 Å². The van der Waals surface area contributed by atoms with Crippen LogP contribution in [0.5, 0.6) is 0 Å². The predicted octanol–water partition coefficient (Wildman–Crippen LogP) is 3.21. The SMILES string of the molecule is CC1(NC(=O)N2CC(CC(C)(C)C3CCCN3C(=O)NC3COC3)CC2C(C)(C)C)COC1. The minimum Gasteiger partial charge on any atom is -0.377 e. The first-order valence-corrected chi connectivity index (χ1v) is 12.7. The van der Waals surface area contributed by atoms with Gasteiger partial charge in [-0.2, -0.15) is 0 Å². The van der Waals surface area contributed by atoms with Crippen LogP contribution in [-0.4, -0.2) is 85.0 Å². The van der Waals surface area contributed by atoms with Crippen molar-refractivity contribution >= 4 is 12.1 Å². The zero-order chi connectivity index (χ0) is 24.0. The van der Waals surface area contributed by atoms with E-state index in [-0.39, 0.29) is 46.6 Å². The molecule has 4 saturated heterocycles. The molecule has 0 aromatic carbocycles. The zero-order valence-corrected chi connectivity index (χ0v) is 21.4. The fraction of sp³-hybridized carbons (Fsp3) is 0.920. The number of hydrogen-bond acceptors (Lipinski definition) is 4. The molecule has 8 heteroatoms. The molecular formula is C25H44N4O4. The highest BCUT2D eigenvalue weighted by molar-refractivity contribution is 5.76. The van der Waals surface area contributed by atoms with Gasteiger partial charge in [-0.3, -0.25) is 0 Å². The number of hydrogen-bond donors (Lipinski definition) is 2. The number of carbonyl (C=O) groups is 2. The van der Waals surface area contributed by atoms with Crippen molar-refractivity contribution in [1.29, 1.82) is 0 Å². The van der Waals surface area contributed by atoms with E-state index in [1.165, 1.54) is 0 Å². The maximum absolute atomic E-state index is 13.2. The largest absolute Gasteiger partial charge is 0.377 e. The second kappa shape index (κ2) is 8.91. The Hall–Kier alpha value is -1.54. The molecule has 0 aromatic rings. The van der Waals surface area contributed by atoms with Crippen molar-refractivity contribution in [3.63, 3.8) is 0 Å². The number of nitrogens with zero attached hydrogens (tertiary/aromatic N) is 2. The minimum absolute atomic E-state index is 0.0113. The van der Waals surface area contributed by atoms with Crippen molar-refractivity contribution in [2.45, 2.75) is 90.9 Å². The molecule has 0 aromatic heterocycles. The van der Waals surface area contributed by atoms with Crippen LogP contribution in [0.3, 0.4) is 0 Å². The highest BCUT2D eigenvalue weighted by Crippen LogP contribution is 2.44. The second-order valence-electron chi connectivity index (χ2n) is 12.8. The highest BCUT2D eigenvalue weighted by atomic mass is 16.5. The van der Waals surface area contributed by atoms with Crippen LogP contribution in [0, 0.1) is 16.7 Å². The second-order valence-corrected chi connectivity index (χ2v) is 12.8. The third-order valence-electron chi connectivity index (χ3n) is 8.09. The third kappa shape index (κ3) is 5.26. The molecule has 0 radical (unpaired) electrons. The predicted molar refractivity (Wildman–Crippen MR) is 127 cm³/mol. The first-order valence-electron chi connectivity index (χ1n) is 12.7. The van der Waals surface area contributed by atoms with Crippen molar-refractivity contribution in [2.24, 2.45) is 16.7 Å². The average molecular weight is 465 g/mol. The summed E-state index contributed by atoms with van der Waals surface area (Å²) >= 11 is 0. The van der Waals surface area contributed by atoms with E-state index in [4.69, 9.17) is 9.47 Å². The summed E-state index contributed by atoms with van der Waals surface area (Å²) < 4.78 is 10.5. The molecule has 4 amide bonds. The lowest BCUT2D eigenvalue weighted by Crippen LogP contribution is -2.63. The minimum atomic E-state index is -0.250. The Kier molecular flexibility index (Phi) is 6.64. The first-order chi connectivity index (χ1) is 15.4. The van der Waals surface area contributed by atoms with Gasteiger partial charge in [-0.05, 0) is 49.4 Å². The van der Waals surface area contributed by atoms with Gasteiger partial charge in [0.05, 0.1) is 38.0 Å². The quantitative estimate of drug-likeness (QED) is 0.655. The van der Waals surface area contributed by atoms with Crippen LogP contribution in [0.1, 0.15) is 67.2 Å². The molecule has 0 bridgehead atoms. The summed E-state index contributed by atoms with van der Waals surface area (Å²) in [5.74, 6) is 0.422. The number of likely N-dealkylation sites (tertiary alicyclic amines) is 2. The standard InChI is InChI=1S/C25H44N4O4/c1-23(2,3)20-10-17(12-29(20)22(31)27-25(6)15-33-16-25)11-24(4,5)19-8-7-9-28(19)21(30)26-18-13-32-14-18/h17-20H,7-16H2,1-6H3,(H,26,30)(H,27,31). The van der Waals surface area contributed by atoms with Crippen LogP contribution >= 0.6 is 0 Å². The van der Waals surface area contributed by atoms with Crippen molar-refractivity contribution in [1.82, 2.24) is 20.4 Å². The van der Waals surface area contributed by atoms with Gasteiger partial charge in [0.25, 0.3) is 0 Å². The van der Waals surface area contributed by atoms with Crippen molar-refractivity contribution in [3.8, 4) is 0 Å². The smallest absolute Gasteiger partial charge is 0.318 e. The summed E-state index contributed by atoms with van der Waals surface area (Å²) in [6.45, 7) is 17.3. The van der Waals surface area contributed by atoms with Gasteiger partial charge in [-0.15, -0.1) is 0 Å². The zero-order valence-electron chi connectivity index (χ0n) is 21.4. The maximum atomic E-state index is 13.2. The highest BCUT2D eigenvalue weighted by Gasteiger charge is 2.47. The Balaban J connectivity index is 1.41. The lowest BCUT2D eigenvalue weighted by atomic mass is 9.74. The van der Waals surface area contributed by atoms with Gasteiger partial charge in [0, 0.05) is 25.2 Å². The van der Waals surface area contributed by atoms with Crippen LogP contribution in [0.15, 0.2) is 0 Å². The summed E-state index contributed by atoms with van der Waals surface area (Å²) in [7, 11) is 0. The normalized spacial score (nSPS) is 30.1. The molecule has 4 rings (SSSR count). The molecule has 3 atom stereocenters. The Labute approximate surface area is 199 Å². The lowest BCUT2D eigenvalue weighted by Gasteiger charge is -2.42. The van der Waals surface area contributed by atoms with Gasteiger partial charge >= 0.3 is 12.1 Å². The van der Waals surface area contributed by atoms with E-state index >= 15 is 0 Å². The van der Waals surface area contributed by atoms with Crippen LogP contribution in [0.2, 0.25) is 0 Å². The Morgan fingerprint density at radius 3 is 2.24 bits per heavy atom. The Bertz CT molecular complexity index is 741. The van der Waals surface area contributed by atoms with E-state index in [1.54, 1.807) is 0 Å².